The van der Waals surface area contributed by atoms with E-state index in [-0.39, 0.29) is 5.91 Å². The van der Waals surface area contributed by atoms with Crippen LogP contribution in [0.1, 0.15) is 35.7 Å². The predicted molar refractivity (Wildman–Crippen MR) is 129 cm³/mol. The van der Waals surface area contributed by atoms with Gasteiger partial charge in [0.1, 0.15) is 0 Å². The molecule has 6 heteroatoms. The Morgan fingerprint density at radius 2 is 1.84 bits per heavy atom. The summed E-state index contributed by atoms with van der Waals surface area (Å²) >= 11 is 0. The van der Waals surface area contributed by atoms with Gasteiger partial charge in [-0.3, -0.25) is 9.79 Å². The highest BCUT2D eigenvalue weighted by molar-refractivity contribution is 5.94. The lowest BCUT2D eigenvalue weighted by atomic mass is 10.0. The lowest BCUT2D eigenvalue weighted by Gasteiger charge is -2.34. The van der Waals surface area contributed by atoms with E-state index in [2.05, 4.69) is 58.9 Å². The van der Waals surface area contributed by atoms with Crippen molar-refractivity contribution in [2.45, 2.75) is 32.2 Å². The summed E-state index contributed by atoms with van der Waals surface area (Å²) in [5.41, 5.74) is 3.15. The summed E-state index contributed by atoms with van der Waals surface area (Å²) in [6.07, 6.45) is 2.99. The van der Waals surface area contributed by atoms with Crippen molar-refractivity contribution >= 4 is 17.6 Å². The summed E-state index contributed by atoms with van der Waals surface area (Å²) in [5, 5.41) is 6.98. The first kappa shape index (κ1) is 22.7. The zero-order valence-corrected chi connectivity index (χ0v) is 19.0. The molecule has 2 aromatic rings. The molecule has 1 fully saturated rings. The van der Waals surface area contributed by atoms with Crippen molar-refractivity contribution < 1.29 is 4.79 Å². The molecule has 0 aliphatic carbocycles. The number of nitrogens with zero attached hydrogens (tertiary/aromatic N) is 3. The van der Waals surface area contributed by atoms with E-state index in [0.29, 0.717) is 12.6 Å². The third kappa shape index (κ3) is 6.74. The third-order valence-corrected chi connectivity index (χ3v) is 5.55. The van der Waals surface area contributed by atoms with E-state index >= 15 is 0 Å². The number of rotatable bonds is 7. The molecular weight excluding hydrogens is 386 g/mol. The third-order valence-electron chi connectivity index (χ3n) is 5.55. The fourth-order valence-corrected chi connectivity index (χ4v) is 3.85. The largest absolute Gasteiger partial charge is 0.371 e. The highest BCUT2D eigenvalue weighted by atomic mass is 16.2. The number of amides is 1. The number of hydrogen-bond acceptors (Lipinski definition) is 3. The number of aliphatic imine (C=N–C) groups is 1. The van der Waals surface area contributed by atoms with Gasteiger partial charge in [-0.1, -0.05) is 30.3 Å². The van der Waals surface area contributed by atoms with Gasteiger partial charge in [0.05, 0.1) is 0 Å². The van der Waals surface area contributed by atoms with Crippen LogP contribution in [0.2, 0.25) is 0 Å². The Bertz CT molecular complexity index is 857. The second-order valence-electron chi connectivity index (χ2n) is 8.15. The Balaban J connectivity index is 1.52. The number of piperidine rings is 1. The molecular formula is C25H35N5O. The molecule has 1 amide bonds. The minimum absolute atomic E-state index is 0.0298. The van der Waals surface area contributed by atoms with E-state index in [9.17, 15) is 4.79 Å². The first-order valence-corrected chi connectivity index (χ1v) is 11.2. The fraction of sp³-hybridized carbons (Fsp3) is 0.440. The minimum atomic E-state index is 0.0298. The van der Waals surface area contributed by atoms with Gasteiger partial charge >= 0.3 is 0 Å². The molecule has 2 N–H and O–H groups in total. The fourth-order valence-electron chi connectivity index (χ4n) is 3.85. The summed E-state index contributed by atoms with van der Waals surface area (Å²) in [4.78, 5) is 21.0. The van der Waals surface area contributed by atoms with Gasteiger partial charge in [0, 0.05) is 57.6 Å². The molecule has 1 aliphatic rings. The van der Waals surface area contributed by atoms with E-state index in [1.54, 1.807) is 19.0 Å². The Kier molecular flexibility index (Phi) is 8.33. The Labute approximate surface area is 186 Å². The second-order valence-corrected chi connectivity index (χ2v) is 8.15. The van der Waals surface area contributed by atoms with Crippen molar-refractivity contribution in [2.24, 2.45) is 4.99 Å². The number of nitrogens with one attached hydrogen (secondary N) is 2. The van der Waals surface area contributed by atoms with Gasteiger partial charge in [-0.05, 0) is 56.0 Å². The molecule has 0 atom stereocenters. The molecule has 2 aromatic carbocycles. The molecule has 1 aliphatic heterocycles. The predicted octanol–water partition coefficient (Wildman–Crippen LogP) is 3.16. The molecule has 3 rings (SSSR count). The molecule has 0 spiro atoms. The number of carbonyl (C=O) groups excluding carboxylic acids is 1. The zero-order chi connectivity index (χ0) is 22.1. The van der Waals surface area contributed by atoms with Gasteiger partial charge in [-0.15, -0.1) is 0 Å². The summed E-state index contributed by atoms with van der Waals surface area (Å²) < 4.78 is 0. The first-order valence-electron chi connectivity index (χ1n) is 11.2. The van der Waals surface area contributed by atoms with Crippen LogP contribution in [0.4, 0.5) is 5.69 Å². The van der Waals surface area contributed by atoms with Gasteiger partial charge in [0.2, 0.25) is 0 Å². The molecule has 6 nitrogen and oxygen atoms in total. The van der Waals surface area contributed by atoms with Crippen molar-refractivity contribution in [1.82, 2.24) is 15.5 Å². The monoisotopic (exact) mass is 421 g/mol. The molecule has 1 saturated heterocycles. The Morgan fingerprint density at radius 3 is 2.52 bits per heavy atom. The maximum atomic E-state index is 12.2. The summed E-state index contributed by atoms with van der Waals surface area (Å²) in [6, 6.07) is 18.9. The smallest absolute Gasteiger partial charge is 0.253 e. The first-order chi connectivity index (χ1) is 15.1. The lowest BCUT2D eigenvalue weighted by molar-refractivity contribution is 0.0827. The molecule has 0 aromatic heterocycles. The van der Waals surface area contributed by atoms with Crippen LogP contribution in [0, 0.1) is 0 Å². The van der Waals surface area contributed by atoms with Crippen LogP contribution in [-0.4, -0.2) is 63.1 Å². The average Bonchev–Trinajstić information content (AvgIpc) is 2.80. The standard InChI is InChI=1S/C25H35N5O/c1-4-26-25(27-16-13-20-9-8-10-21(19-20)24(31)29(2)3)28-22-14-17-30(18-15-22)23-11-6-5-7-12-23/h5-12,19,22H,4,13-18H2,1-3H3,(H2,26,27,28). The van der Waals surface area contributed by atoms with Crippen molar-refractivity contribution in [3.63, 3.8) is 0 Å². The van der Waals surface area contributed by atoms with Crippen molar-refractivity contribution in [3.05, 3.63) is 65.7 Å². The highest BCUT2D eigenvalue weighted by Crippen LogP contribution is 2.19. The maximum Gasteiger partial charge on any atom is 0.253 e. The van der Waals surface area contributed by atoms with Crippen LogP contribution in [0.3, 0.4) is 0 Å². The molecule has 0 unspecified atom stereocenters. The van der Waals surface area contributed by atoms with Crippen LogP contribution in [0.5, 0.6) is 0 Å². The maximum absolute atomic E-state index is 12.2. The average molecular weight is 422 g/mol. The van der Waals surface area contributed by atoms with Crippen molar-refractivity contribution in [2.75, 3.05) is 45.2 Å². The van der Waals surface area contributed by atoms with Crippen LogP contribution >= 0.6 is 0 Å². The van der Waals surface area contributed by atoms with Crippen LogP contribution < -0.4 is 15.5 Å². The van der Waals surface area contributed by atoms with E-state index in [1.165, 1.54) is 5.69 Å². The van der Waals surface area contributed by atoms with E-state index in [4.69, 9.17) is 4.99 Å². The quantitative estimate of drug-likeness (QED) is 0.533. The molecule has 1 heterocycles. The van der Waals surface area contributed by atoms with Gasteiger partial charge < -0.3 is 20.4 Å². The van der Waals surface area contributed by atoms with Gasteiger partial charge in [-0.2, -0.15) is 0 Å². The number of carbonyl (C=O) groups is 1. The second kappa shape index (κ2) is 11.4. The van der Waals surface area contributed by atoms with Crippen molar-refractivity contribution in [1.29, 1.82) is 0 Å². The Hall–Kier alpha value is -3.02. The van der Waals surface area contributed by atoms with Crippen LogP contribution in [0.15, 0.2) is 59.6 Å². The van der Waals surface area contributed by atoms with Gasteiger partial charge in [0.25, 0.3) is 5.91 Å². The van der Waals surface area contributed by atoms with E-state index in [1.807, 2.05) is 18.2 Å². The number of guanidine groups is 1. The molecule has 0 radical (unpaired) electrons. The Morgan fingerprint density at radius 1 is 1.10 bits per heavy atom. The van der Waals surface area contributed by atoms with Crippen molar-refractivity contribution in [3.8, 4) is 0 Å². The van der Waals surface area contributed by atoms with E-state index in [0.717, 1.165) is 56.0 Å². The number of para-hydroxylation sites is 1. The number of hydrogen-bond donors (Lipinski definition) is 2. The van der Waals surface area contributed by atoms with Gasteiger partial charge in [0.15, 0.2) is 5.96 Å². The highest BCUT2D eigenvalue weighted by Gasteiger charge is 2.20. The van der Waals surface area contributed by atoms with Gasteiger partial charge in [-0.25, -0.2) is 0 Å². The number of benzene rings is 2. The molecule has 0 saturated carbocycles. The minimum Gasteiger partial charge on any atom is -0.371 e. The molecule has 31 heavy (non-hydrogen) atoms. The summed E-state index contributed by atoms with van der Waals surface area (Å²) in [6.45, 7) is 5.70. The zero-order valence-electron chi connectivity index (χ0n) is 19.0. The topological polar surface area (TPSA) is 60.0 Å². The molecule has 0 bridgehead atoms. The number of anilines is 1. The normalized spacial score (nSPS) is 14.9. The summed E-state index contributed by atoms with van der Waals surface area (Å²) in [5.74, 6) is 0.906. The van der Waals surface area contributed by atoms with Crippen LogP contribution in [0.25, 0.3) is 0 Å². The van der Waals surface area contributed by atoms with Crippen LogP contribution in [-0.2, 0) is 6.42 Å². The summed E-state index contributed by atoms with van der Waals surface area (Å²) in [7, 11) is 3.55. The molecule has 166 valence electrons. The van der Waals surface area contributed by atoms with E-state index < -0.39 is 0 Å². The lowest BCUT2D eigenvalue weighted by Crippen LogP contribution is -2.48. The SMILES string of the molecule is CCNC(=NCCc1cccc(C(=O)N(C)C)c1)NC1CCN(c2ccccc2)CC1.